The van der Waals surface area contributed by atoms with Crippen LogP contribution >= 0.6 is 0 Å². The number of amides is 1. The largest absolute Gasteiger partial charge is 0.467 e. The predicted molar refractivity (Wildman–Crippen MR) is 97.2 cm³/mol. The molecule has 1 amide bonds. The van der Waals surface area contributed by atoms with Crippen LogP contribution in [0.5, 0.6) is 5.88 Å². The van der Waals surface area contributed by atoms with E-state index in [1.54, 1.807) is 4.90 Å². The van der Waals surface area contributed by atoms with Crippen LogP contribution in [-0.4, -0.2) is 33.4 Å². The first-order chi connectivity index (χ1) is 12.1. The standard InChI is InChI=1S/C20H21N3O2/c1-15(2)23(12-16-8-4-3-5-9-16)19(24)13-25-20-17-10-6-7-11-18(17)21-14-22-20/h3-11,14-15H,12-13H2,1-2H3. The van der Waals surface area contributed by atoms with E-state index in [4.69, 9.17) is 4.74 Å². The van der Waals surface area contributed by atoms with E-state index in [1.807, 2.05) is 68.4 Å². The van der Waals surface area contributed by atoms with Crippen LogP contribution in [0.1, 0.15) is 19.4 Å². The van der Waals surface area contributed by atoms with E-state index < -0.39 is 0 Å². The van der Waals surface area contributed by atoms with Gasteiger partial charge >= 0.3 is 0 Å². The van der Waals surface area contributed by atoms with Gasteiger partial charge in [0, 0.05) is 12.6 Å². The fraction of sp³-hybridized carbons (Fsp3) is 0.250. The zero-order valence-electron chi connectivity index (χ0n) is 14.4. The third-order valence-corrected chi connectivity index (χ3v) is 3.98. The zero-order chi connectivity index (χ0) is 17.6. The molecule has 5 heteroatoms. The Kier molecular flexibility index (Phi) is 5.23. The first kappa shape index (κ1) is 16.9. The number of carbonyl (C=O) groups is 1. The summed E-state index contributed by atoms with van der Waals surface area (Å²) in [5, 5.41) is 0.803. The molecule has 128 valence electrons. The first-order valence-corrected chi connectivity index (χ1v) is 8.31. The van der Waals surface area contributed by atoms with Crippen LogP contribution in [0, 0.1) is 0 Å². The molecule has 1 heterocycles. The fourth-order valence-corrected chi connectivity index (χ4v) is 2.65. The number of aromatic nitrogens is 2. The molecule has 0 unspecified atom stereocenters. The van der Waals surface area contributed by atoms with Crippen molar-refractivity contribution in [1.82, 2.24) is 14.9 Å². The SMILES string of the molecule is CC(C)N(Cc1ccccc1)C(=O)COc1ncnc2ccccc12. The van der Waals surface area contributed by atoms with Gasteiger partial charge in [0.2, 0.25) is 5.88 Å². The summed E-state index contributed by atoms with van der Waals surface area (Å²) < 4.78 is 5.71. The normalized spacial score (nSPS) is 10.8. The third-order valence-electron chi connectivity index (χ3n) is 3.98. The maximum atomic E-state index is 12.7. The lowest BCUT2D eigenvalue weighted by Crippen LogP contribution is -2.39. The Labute approximate surface area is 147 Å². The number of carbonyl (C=O) groups excluding carboxylic acids is 1. The van der Waals surface area contributed by atoms with E-state index in [2.05, 4.69) is 9.97 Å². The number of hydrogen-bond donors (Lipinski definition) is 0. The molecule has 0 aliphatic rings. The number of benzene rings is 2. The Balaban J connectivity index is 1.71. The van der Waals surface area contributed by atoms with Crippen molar-refractivity contribution in [3.05, 3.63) is 66.5 Å². The van der Waals surface area contributed by atoms with Crippen LogP contribution in [0.3, 0.4) is 0 Å². The molecule has 0 radical (unpaired) electrons. The van der Waals surface area contributed by atoms with E-state index in [9.17, 15) is 4.79 Å². The van der Waals surface area contributed by atoms with Crippen molar-refractivity contribution in [2.45, 2.75) is 26.4 Å². The molecular weight excluding hydrogens is 314 g/mol. The van der Waals surface area contributed by atoms with Crippen LogP contribution in [0.2, 0.25) is 0 Å². The van der Waals surface area contributed by atoms with E-state index >= 15 is 0 Å². The molecular formula is C20H21N3O2. The summed E-state index contributed by atoms with van der Waals surface area (Å²) in [5.74, 6) is 0.365. The van der Waals surface area contributed by atoms with Gasteiger partial charge in [0.05, 0.1) is 10.9 Å². The van der Waals surface area contributed by atoms with Crippen molar-refractivity contribution in [3.63, 3.8) is 0 Å². The molecule has 0 fully saturated rings. The van der Waals surface area contributed by atoms with Gasteiger partial charge in [-0.3, -0.25) is 4.79 Å². The Hall–Kier alpha value is -2.95. The van der Waals surface area contributed by atoms with Crippen molar-refractivity contribution < 1.29 is 9.53 Å². The van der Waals surface area contributed by atoms with Crippen LogP contribution in [0.15, 0.2) is 60.9 Å². The highest BCUT2D eigenvalue weighted by molar-refractivity contribution is 5.84. The van der Waals surface area contributed by atoms with Gasteiger partial charge in [-0.1, -0.05) is 42.5 Å². The van der Waals surface area contributed by atoms with Crippen LogP contribution < -0.4 is 4.74 Å². The lowest BCUT2D eigenvalue weighted by Gasteiger charge is -2.27. The molecule has 1 aromatic heterocycles. The molecule has 0 saturated heterocycles. The minimum absolute atomic E-state index is 0.0496. The molecule has 0 N–H and O–H groups in total. The third kappa shape index (κ3) is 4.12. The molecule has 0 aliphatic carbocycles. The van der Waals surface area contributed by atoms with Crippen molar-refractivity contribution in [3.8, 4) is 5.88 Å². The van der Waals surface area contributed by atoms with Gasteiger partial charge in [-0.25, -0.2) is 9.97 Å². The summed E-state index contributed by atoms with van der Waals surface area (Å²) in [6, 6.07) is 17.6. The highest BCUT2D eigenvalue weighted by Crippen LogP contribution is 2.20. The van der Waals surface area contributed by atoms with Crippen molar-refractivity contribution in [1.29, 1.82) is 0 Å². The van der Waals surface area contributed by atoms with Crippen LogP contribution in [0.4, 0.5) is 0 Å². The molecule has 25 heavy (non-hydrogen) atoms. The lowest BCUT2D eigenvalue weighted by atomic mass is 10.2. The quantitative estimate of drug-likeness (QED) is 0.692. The molecule has 0 bridgehead atoms. The van der Waals surface area contributed by atoms with Gasteiger partial charge < -0.3 is 9.64 Å². The predicted octanol–water partition coefficient (Wildman–Crippen LogP) is 3.45. The molecule has 2 aromatic carbocycles. The van der Waals surface area contributed by atoms with Gasteiger partial charge in [-0.05, 0) is 31.5 Å². The van der Waals surface area contributed by atoms with Crippen molar-refractivity contribution in [2.75, 3.05) is 6.61 Å². The summed E-state index contributed by atoms with van der Waals surface area (Å²) >= 11 is 0. The van der Waals surface area contributed by atoms with Gasteiger partial charge in [0.15, 0.2) is 6.61 Å². The van der Waals surface area contributed by atoms with E-state index in [0.717, 1.165) is 16.5 Å². The molecule has 3 aromatic rings. The van der Waals surface area contributed by atoms with E-state index in [0.29, 0.717) is 12.4 Å². The second-order valence-electron chi connectivity index (χ2n) is 6.09. The highest BCUT2D eigenvalue weighted by Gasteiger charge is 2.18. The Bertz CT molecular complexity index is 844. The van der Waals surface area contributed by atoms with E-state index in [1.165, 1.54) is 6.33 Å². The average Bonchev–Trinajstić information content (AvgIpc) is 2.64. The molecule has 0 spiro atoms. The lowest BCUT2D eigenvalue weighted by molar-refractivity contribution is -0.135. The maximum absolute atomic E-state index is 12.7. The number of rotatable bonds is 6. The number of nitrogens with zero attached hydrogens (tertiary/aromatic N) is 3. The van der Waals surface area contributed by atoms with Gasteiger partial charge in [-0.2, -0.15) is 0 Å². The number of hydrogen-bond acceptors (Lipinski definition) is 4. The molecule has 0 atom stereocenters. The van der Waals surface area contributed by atoms with Crippen LogP contribution in [-0.2, 0) is 11.3 Å². The molecule has 0 saturated carbocycles. The topological polar surface area (TPSA) is 55.3 Å². The number of ether oxygens (including phenoxy) is 1. The fourth-order valence-electron chi connectivity index (χ4n) is 2.65. The summed E-state index contributed by atoms with van der Waals surface area (Å²) in [5.41, 5.74) is 1.89. The maximum Gasteiger partial charge on any atom is 0.261 e. The summed E-state index contributed by atoms with van der Waals surface area (Å²) in [7, 11) is 0. The second-order valence-corrected chi connectivity index (χ2v) is 6.09. The summed E-state index contributed by atoms with van der Waals surface area (Å²) in [6.45, 7) is 4.51. The first-order valence-electron chi connectivity index (χ1n) is 8.31. The van der Waals surface area contributed by atoms with E-state index in [-0.39, 0.29) is 18.6 Å². The minimum Gasteiger partial charge on any atom is -0.467 e. The minimum atomic E-state index is -0.0680. The monoisotopic (exact) mass is 335 g/mol. The number of fused-ring (bicyclic) bond motifs is 1. The average molecular weight is 335 g/mol. The molecule has 5 nitrogen and oxygen atoms in total. The Morgan fingerprint density at radius 3 is 2.52 bits per heavy atom. The molecule has 3 rings (SSSR count). The summed E-state index contributed by atoms with van der Waals surface area (Å²) in [4.78, 5) is 22.8. The van der Waals surface area contributed by atoms with Crippen LogP contribution in [0.25, 0.3) is 10.9 Å². The molecule has 0 aliphatic heterocycles. The Morgan fingerprint density at radius 1 is 1.04 bits per heavy atom. The van der Waals surface area contributed by atoms with Crippen molar-refractivity contribution >= 4 is 16.8 Å². The van der Waals surface area contributed by atoms with Crippen molar-refractivity contribution in [2.24, 2.45) is 0 Å². The second kappa shape index (κ2) is 7.75. The zero-order valence-corrected chi connectivity index (χ0v) is 14.4. The van der Waals surface area contributed by atoms with Gasteiger partial charge in [-0.15, -0.1) is 0 Å². The summed E-state index contributed by atoms with van der Waals surface area (Å²) in [6.07, 6.45) is 1.45. The van der Waals surface area contributed by atoms with Gasteiger partial charge in [0.1, 0.15) is 6.33 Å². The highest BCUT2D eigenvalue weighted by atomic mass is 16.5. The Morgan fingerprint density at radius 2 is 1.76 bits per heavy atom. The smallest absolute Gasteiger partial charge is 0.261 e. The number of para-hydroxylation sites is 1. The van der Waals surface area contributed by atoms with Gasteiger partial charge in [0.25, 0.3) is 5.91 Å².